The molecular formula is C15H13NO4S. The van der Waals surface area contributed by atoms with E-state index in [0.717, 1.165) is 34.6 Å². The van der Waals surface area contributed by atoms with Crippen molar-refractivity contribution in [2.75, 3.05) is 11.9 Å². The fraction of sp³-hybridized carbons (Fsp3) is 0.200. The maximum atomic E-state index is 12.3. The van der Waals surface area contributed by atoms with E-state index in [-0.39, 0.29) is 10.8 Å². The van der Waals surface area contributed by atoms with Crippen LogP contribution in [0, 0.1) is 6.92 Å². The molecule has 3 rings (SSSR count). The molecule has 0 unspecified atom stereocenters. The highest BCUT2D eigenvalue weighted by Gasteiger charge is 2.19. The van der Waals surface area contributed by atoms with E-state index >= 15 is 0 Å². The fourth-order valence-corrected chi connectivity index (χ4v) is 3.11. The molecular weight excluding hydrogens is 290 g/mol. The Labute approximate surface area is 125 Å². The fourth-order valence-electron chi connectivity index (χ4n) is 2.27. The second-order valence-corrected chi connectivity index (χ2v) is 5.68. The third kappa shape index (κ3) is 2.50. The van der Waals surface area contributed by atoms with Gasteiger partial charge in [0.15, 0.2) is 0 Å². The standard InChI is InChI=1S/C15H13NO4S/c1-8-7-21-13(15(18)19)12(8)16-14(17)10-2-3-11-9(6-10)4-5-20-11/h2-3,6-7H,4-5H2,1H3,(H,16,17)(H,18,19). The quantitative estimate of drug-likeness (QED) is 0.914. The first-order valence-electron chi connectivity index (χ1n) is 6.44. The number of aryl methyl sites for hydroxylation is 1. The summed E-state index contributed by atoms with van der Waals surface area (Å²) in [7, 11) is 0. The van der Waals surface area contributed by atoms with Crippen LogP contribution in [0.25, 0.3) is 0 Å². The lowest BCUT2D eigenvalue weighted by atomic mass is 10.1. The van der Waals surface area contributed by atoms with Gasteiger partial charge in [-0.05, 0) is 41.6 Å². The summed E-state index contributed by atoms with van der Waals surface area (Å²) in [4.78, 5) is 23.6. The van der Waals surface area contributed by atoms with Crippen LogP contribution < -0.4 is 10.1 Å². The number of carbonyl (C=O) groups excluding carboxylic acids is 1. The molecule has 1 aliphatic heterocycles. The molecule has 0 spiro atoms. The normalized spacial score (nSPS) is 12.6. The number of carbonyl (C=O) groups is 2. The van der Waals surface area contributed by atoms with Gasteiger partial charge in [0.2, 0.25) is 0 Å². The highest BCUT2D eigenvalue weighted by atomic mass is 32.1. The van der Waals surface area contributed by atoms with Crippen molar-refractivity contribution in [2.45, 2.75) is 13.3 Å². The number of thiophene rings is 1. The zero-order chi connectivity index (χ0) is 15.0. The zero-order valence-electron chi connectivity index (χ0n) is 11.3. The Kier molecular flexibility index (Phi) is 3.39. The van der Waals surface area contributed by atoms with Gasteiger partial charge in [-0.1, -0.05) is 0 Å². The van der Waals surface area contributed by atoms with Gasteiger partial charge in [0, 0.05) is 12.0 Å². The minimum absolute atomic E-state index is 0.144. The Balaban J connectivity index is 1.87. The summed E-state index contributed by atoms with van der Waals surface area (Å²) in [5.41, 5.74) is 2.62. The van der Waals surface area contributed by atoms with Crippen molar-refractivity contribution in [1.29, 1.82) is 0 Å². The lowest BCUT2D eigenvalue weighted by molar-refractivity contribution is 0.0703. The monoisotopic (exact) mass is 303 g/mol. The molecule has 0 atom stereocenters. The molecule has 0 aliphatic carbocycles. The van der Waals surface area contributed by atoms with Gasteiger partial charge in [-0.15, -0.1) is 11.3 Å². The summed E-state index contributed by atoms with van der Waals surface area (Å²) in [6, 6.07) is 5.25. The lowest BCUT2D eigenvalue weighted by Gasteiger charge is -2.07. The van der Waals surface area contributed by atoms with Gasteiger partial charge in [0.1, 0.15) is 10.6 Å². The number of nitrogens with one attached hydrogen (secondary N) is 1. The number of fused-ring (bicyclic) bond motifs is 1. The average Bonchev–Trinajstić information content (AvgIpc) is 3.05. The molecule has 1 amide bonds. The summed E-state index contributed by atoms with van der Waals surface area (Å²) in [5, 5.41) is 13.5. The predicted molar refractivity (Wildman–Crippen MR) is 79.6 cm³/mol. The van der Waals surface area contributed by atoms with Gasteiger partial charge >= 0.3 is 5.97 Å². The number of amides is 1. The Bertz CT molecular complexity index is 735. The largest absolute Gasteiger partial charge is 0.493 e. The molecule has 2 heterocycles. The Morgan fingerprint density at radius 2 is 2.19 bits per heavy atom. The summed E-state index contributed by atoms with van der Waals surface area (Å²) < 4.78 is 5.40. The van der Waals surface area contributed by atoms with Gasteiger partial charge in [0.05, 0.1) is 12.3 Å². The summed E-state index contributed by atoms with van der Waals surface area (Å²) in [6.45, 7) is 2.41. The third-order valence-corrected chi connectivity index (χ3v) is 4.45. The molecule has 5 nitrogen and oxygen atoms in total. The van der Waals surface area contributed by atoms with Crippen LogP contribution in [0.5, 0.6) is 5.75 Å². The van der Waals surface area contributed by atoms with Gasteiger partial charge in [0.25, 0.3) is 5.91 Å². The molecule has 21 heavy (non-hydrogen) atoms. The molecule has 2 aromatic rings. The molecule has 6 heteroatoms. The van der Waals surface area contributed by atoms with E-state index in [2.05, 4.69) is 5.32 Å². The van der Waals surface area contributed by atoms with Crippen molar-refractivity contribution >= 4 is 28.9 Å². The number of aromatic carboxylic acids is 1. The van der Waals surface area contributed by atoms with Crippen molar-refractivity contribution in [3.8, 4) is 5.75 Å². The maximum Gasteiger partial charge on any atom is 0.348 e. The molecule has 1 aromatic heterocycles. The minimum Gasteiger partial charge on any atom is -0.493 e. The van der Waals surface area contributed by atoms with Gasteiger partial charge in [-0.3, -0.25) is 4.79 Å². The van der Waals surface area contributed by atoms with E-state index in [4.69, 9.17) is 9.84 Å². The molecule has 0 bridgehead atoms. The van der Waals surface area contributed by atoms with Crippen LogP contribution in [0.15, 0.2) is 23.6 Å². The molecule has 0 saturated heterocycles. The SMILES string of the molecule is Cc1csc(C(=O)O)c1NC(=O)c1ccc2c(c1)CCO2. The van der Waals surface area contributed by atoms with E-state index in [1.807, 2.05) is 0 Å². The molecule has 1 aromatic carbocycles. The van der Waals surface area contributed by atoms with Crippen molar-refractivity contribution in [1.82, 2.24) is 0 Å². The van der Waals surface area contributed by atoms with Crippen LogP contribution in [0.3, 0.4) is 0 Å². The number of benzene rings is 1. The predicted octanol–water partition coefficient (Wildman–Crippen LogP) is 2.94. The van der Waals surface area contributed by atoms with E-state index in [0.29, 0.717) is 17.9 Å². The van der Waals surface area contributed by atoms with Crippen molar-refractivity contribution < 1.29 is 19.4 Å². The number of rotatable bonds is 3. The maximum absolute atomic E-state index is 12.3. The highest BCUT2D eigenvalue weighted by molar-refractivity contribution is 7.12. The Morgan fingerprint density at radius 1 is 1.38 bits per heavy atom. The van der Waals surface area contributed by atoms with Crippen LogP contribution in [-0.2, 0) is 6.42 Å². The number of hydrogen-bond donors (Lipinski definition) is 2. The van der Waals surface area contributed by atoms with E-state index in [1.54, 1.807) is 30.5 Å². The zero-order valence-corrected chi connectivity index (χ0v) is 12.1. The third-order valence-electron chi connectivity index (χ3n) is 3.36. The van der Waals surface area contributed by atoms with E-state index in [9.17, 15) is 9.59 Å². The first-order valence-corrected chi connectivity index (χ1v) is 7.32. The summed E-state index contributed by atoms with van der Waals surface area (Å²) >= 11 is 1.11. The number of carboxylic acid groups (broad SMARTS) is 1. The van der Waals surface area contributed by atoms with E-state index in [1.165, 1.54) is 0 Å². The van der Waals surface area contributed by atoms with Crippen LogP contribution in [-0.4, -0.2) is 23.6 Å². The highest BCUT2D eigenvalue weighted by Crippen LogP contribution is 2.29. The Morgan fingerprint density at radius 3 is 2.95 bits per heavy atom. The van der Waals surface area contributed by atoms with Gasteiger partial charge in [-0.25, -0.2) is 4.79 Å². The summed E-state index contributed by atoms with van der Waals surface area (Å²) in [6.07, 6.45) is 0.786. The molecule has 108 valence electrons. The minimum atomic E-state index is -1.04. The topological polar surface area (TPSA) is 75.6 Å². The molecule has 2 N–H and O–H groups in total. The first kappa shape index (κ1) is 13.6. The first-order chi connectivity index (χ1) is 10.1. The smallest absolute Gasteiger partial charge is 0.348 e. The van der Waals surface area contributed by atoms with E-state index < -0.39 is 5.97 Å². The molecule has 1 aliphatic rings. The number of ether oxygens (including phenoxy) is 1. The van der Waals surface area contributed by atoms with Crippen LogP contribution in [0.1, 0.15) is 31.2 Å². The second kappa shape index (κ2) is 5.21. The average molecular weight is 303 g/mol. The summed E-state index contributed by atoms with van der Waals surface area (Å²) in [5.74, 6) is -0.538. The second-order valence-electron chi connectivity index (χ2n) is 4.80. The van der Waals surface area contributed by atoms with Crippen molar-refractivity contribution in [3.05, 3.63) is 45.1 Å². The molecule has 0 fully saturated rings. The van der Waals surface area contributed by atoms with Gasteiger partial charge < -0.3 is 15.2 Å². The van der Waals surface area contributed by atoms with Crippen LogP contribution in [0.2, 0.25) is 0 Å². The number of carboxylic acids is 1. The van der Waals surface area contributed by atoms with Crippen LogP contribution in [0.4, 0.5) is 5.69 Å². The van der Waals surface area contributed by atoms with Crippen molar-refractivity contribution in [2.24, 2.45) is 0 Å². The van der Waals surface area contributed by atoms with Crippen molar-refractivity contribution in [3.63, 3.8) is 0 Å². The number of hydrogen-bond acceptors (Lipinski definition) is 4. The van der Waals surface area contributed by atoms with Crippen LogP contribution >= 0.6 is 11.3 Å². The Hall–Kier alpha value is -2.34. The lowest BCUT2D eigenvalue weighted by Crippen LogP contribution is -2.14. The molecule has 0 saturated carbocycles. The number of anilines is 1. The molecule has 0 radical (unpaired) electrons. The van der Waals surface area contributed by atoms with Gasteiger partial charge in [-0.2, -0.15) is 0 Å².